The van der Waals surface area contributed by atoms with Gasteiger partial charge in [0.15, 0.2) is 0 Å². The van der Waals surface area contributed by atoms with Crippen LogP contribution in [-0.2, 0) is 25.7 Å². The molecular formula is C22H28BrN5O2. The summed E-state index contributed by atoms with van der Waals surface area (Å²) in [5, 5.41) is 22.0. The second kappa shape index (κ2) is 9.47. The van der Waals surface area contributed by atoms with Crippen molar-refractivity contribution in [3.63, 3.8) is 0 Å². The zero-order chi connectivity index (χ0) is 21.8. The molecule has 0 fully saturated rings. The molecule has 30 heavy (non-hydrogen) atoms. The van der Waals surface area contributed by atoms with E-state index in [1.54, 1.807) is 6.07 Å². The summed E-state index contributed by atoms with van der Waals surface area (Å²) in [6.45, 7) is 0.0527. The predicted molar refractivity (Wildman–Crippen MR) is 121 cm³/mol. The quantitative estimate of drug-likeness (QED) is 0.307. The van der Waals surface area contributed by atoms with E-state index in [9.17, 15) is 10.2 Å². The zero-order valence-corrected chi connectivity index (χ0v) is 18.5. The van der Waals surface area contributed by atoms with Gasteiger partial charge in [0.05, 0.1) is 13.2 Å². The Bertz CT molecular complexity index is 963. The molecule has 0 spiro atoms. The fourth-order valence-electron chi connectivity index (χ4n) is 4.11. The number of rotatable bonds is 3. The van der Waals surface area contributed by atoms with E-state index in [2.05, 4.69) is 44.2 Å². The molecule has 0 radical (unpaired) electrons. The Morgan fingerprint density at radius 1 is 0.900 bits per heavy atom. The maximum Gasteiger partial charge on any atom is 0.0614 e. The lowest BCUT2D eigenvalue weighted by Crippen LogP contribution is -2.48. The van der Waals surface area contributed by atoms with Crippen molar-refractivity contribution in [2.75, 3.05) is 13.2 Å². The molecule has 0 aliphatic heterocycles. The van der Waals surface area contributed by atoms with Crippen LogP contribution in [-0.4, -0.2) is 34.5 Å². The second-order valence-corrected chi connectivity index (χ2v) is 9.37. The number of nitrogens with two attached hydrogens (primary N) is 2. The SMILES string of the molecule is NC1(CO)CCc2ccc(Br)cc2C1.[N-]=[N+]=Nc1ccc2c(c1)CC(N)(CO)CC2. The van der Waals surface area contributed by atoms with Gasteiger partial charge in [-0.15, -0.1) is 0 Å². The molecule has 0 saturated carbocycles. The van der Waals surface area contributed by atoms with Gasteiger partial charge in [-0.25, -0.2) is 0 Å². The molecule has 7 nitrogen and oxygen atoms in total. The van der Waals surface area contributed by atoms with Gasteiger partial charge in [-0.05, 0) is 84.5 Å². The van der Waals surface area contributed by atoms with Crippen LogP contribution in [0.5, 0.6) is 0 Å². The molecule has 2 aromatic rings. The maximum atomic E-state index is 9.24. The smallest absolute Gasteiger partial charge is 0.0614 e. The molecule has 0 bridgehead atoms. The highest BCUT2D eigenvalue weighted by atomic mass is 79.9. The van der Waals surface area contributed by atoms with Crippen molar-refractivity contribution >= 4 is 21.6 Å². The molecule has 4 rings (SSSR count). The summed E-state index contributed by atoms with van der Waals surface area (Å²) in [7, 11) is 0. The molecule has 2 unspecified atom stereocenters. The molecule has 2 aromatic carbocycles. The Morgan fingerprint density at radius 3 is 1.97 bits per heavy atom. The van der Waals surface area contributed by atoms with E-state index in [1.165, 1.54) is 16.7 Å². The van der Waals surface area contributed by atoms with Gasteiger partial charge in [-0.3, -0.25) is 0 Å². The van der Waals surface area contributed by atoms with Gasteiger partial charge in [0.25, 0.3) is 0 Å². The van der Waals surface area contributed by atoms with Crippen molar-refractivity contribution in [3.8, 4) is 0 Å². The van der Waals surface area contributed by atoms with E-state index in [1.807, 2.05) is 12.1 Å². The summed E-state index contributed by atoms with van der Waals surface area (Å²) in [6, 6.07) is 11.9. The summed E-state index contributed by atoms with van der Waals surface area (Å²) >= 11 is 3.45. The van der Waals surface area contributed by atoms with Crippen molar-refractivity contribution in [3.05, 3.63) is 73.6 Å². The molecule has 2 atom stereocenters. The third kappa shape index (κ3) is 5.40. The minimum absolute atomic E-state index is 0.0157. The number of benzene rings is 2. The number of fused-ring (bicyclic) bond motifs is 2. The average molecular weight is 474 g/mol. The van der Waals surface area contributed by atoms with Gasteiger partial charge >= 0.3 is 0 Å². The molecule has 0 heterocycles. The number of azide groups is 1. The van der Waals surface area contributed by atoms with Gasteiger partial charge in [-0.2, -0.15) is 0 Å². The van der Waals surface area contributed by atoms with E-state index in [0.717, 1.165) is 42.1 Å². The first kappa shape index (κ1) is 22.7. The third-order valence-electron chi connectivity index (χ3n) is 6.02. The van der Waals surface area contributed by atoms with Crippen LogP contribution >= 0.6 is 15.9 Å². The minimum atomic E-state index is -0.526. The number of aliphatic hydroxyl groups is 2. The molecule has 0 amide bonds. The molecule has 2 aliphatic rings. The Labute approximate surface area is 184 Å². The summed E-state index contributed by atoms with van der Waals surface area (Å²) < 4.78 is 1.08. The number of hydrogen-bond donors (Lipinski definition) is 4. The highest BCUT2D eigenvalue weighted by molar-refractivity contribution is 9.10. The Kier molecular flexibility index (Phi) is 7.18. The van der Waals surface area contributed by atoms with Gasteiger partial charge in [0.2, 0.25) is 0 Å². The topological polar surface area (TPSA) is 141 Å². The Hall–Kier alpha value is -1.93. The minimum Gasteiger partial charge on any atom is -0.394 e. The lowest BCUT2D eigenvalue weighted by molar-refractivity contribution is 0.181. The first-order valence-electron chi connectivity index (χ1n) is 10.0. The van der Waals surface area contributed by atoms with Crippen LogP contribution in [0.25, 0.3) is 10.4 Å². The normalized spacial score (nSPS) is 24.6. The number of aliphatic hydroxyl groups excluding tert-OH is 2. The van der Waals surface area contributed by atoms with Crippen LogP contribution in [0.3, 0.4) is 0 Å². The van der Waals surface area contributed by atoms with Crippen LogP contribution in [0.15, 0.2) is 46.0 Å². The zero-order valence-electron chi connectivity index (χ0n) is 16.9. The van der Waals surface area contributed by atoms with Gasteiger partial charge < -0.3 is 21.7 Å². The number of nitrogens with zero attached hydrogens (tertiary/aromatic N) is 3. The second-order valence-electron chi connectivity index (χ2n) is 8.45. The van der Waals surface area contributed by atoms with Crippen LogP contribution in [0.4, 0.5) is 5.69 Å². The van der Waals surface area contributed by atoms with Crippen molar-refractivity contribution in [2.24, 2.45) is 16.6 Å². The van der Waals surface area contributed by atoms with Crippen LogP contribution in [0.2, 0.25) is 0 Å². The molecule has 160 valence electrons. The van der Waals surface area contributed by atoms with E-state index in [0.29, 0.717) is 12.1 Å². The molecular weight excluding hydrogens is 446 g/mol. The summed E-state index contributed by atoms with van der Waals surface area (Å²) in [4.78, 5) is 2.76. The van der Waals surface area contributed by atoms with E-state index < -0.39 is 11.1 Å². The van der Waals surface area contributed by atoms with E-state index >= 15 is 0 Å². The molecule has 0 aromatic heterocycles. The summed E-state index contributed by atoms with van der Waals surface area (Å²) in [5.74, 6) is 0. The molecule has 6 N–H and O–H groups in total. The highest BCUT2D eigenvalue weighted by Crippen LogP contribution is 2.30. The van der Waals surface area contributed by atoms with E-state index in [4.69, 9.17) is 17.0 Å². The number of hydrogen-bond acceptors (Lipinski definition) is 5. The fourth-order valence-corrected chi connectivity index (χ4v) is 4.52. The summed E-state index contributed by atoms with van der Waals surface area (Å²) in [6.07, 6.45) is 4.91. The predicted octanol–water partition coefficient (Wildman–Crippen LogP) is 3.43. The standard InChI is InChI=1S/C11H14BrNO.C11H14N4O/c12-10-2-1-8-3-4-11(13,7-14)6-9(8)5-10;12-11(7-16)4-3-8-1-2-10(14-15-13)5-9(8)6-11/h1-2,5,14H,3-4,6-7,13H2;1-2,5,16H,3-4,6-7,12H2. The monoisotopic (exact) mass is 473 g/mol. The van der Waals surface area contributed by atoms with Gasteiger partial charge in [0, 0.05) is 26.1 Å². The largest absolute Gasteiger partial charge is 0.394 e. The van der Waals surface area contributed by atoms with Crippen molar-refractivity contribution in [2.45, 2.75) is 49.6 Å². The first-order valence-corrected chi connectivity index (χ1v) is 10.8. The van der Waals surface area contributed by atoms with Crippen LogP contribution in [0, 0.1) is 0 Å². The lowest BCUT2D eigenvalue weighted by Gasteiger charge is -2.33. The fraction of sp³-hybridized carbons (Fsp3) is 0.455. The number of halogens is 1. The average Bonchev–Trinajstić information content (AvgIpc) is 2.74. The Morgan fingerprint density at radius 2 is 1.43 bits per heavy atom. The van der Waals surface area contributed by atoms with E-state index in [-0.39, 0.29) is 13.2 Å². The van der Waals surface area contributed by atoms with Crippen molar-refractivity contribution < 1.29 is 10.2 Å². The number of aryl methyl sites for hydroxylation is 2. The van der Waals surface area contributed by atoms with Crippen LogP contribution < -0.4 is 11.5 Å². The lowest BCUT2D eigenvalue weighted by atomic mass is 9.79. The summed E-state index contributed by atoms with van der Waals surface area (Å²) in [5.41, 5.74) is 25.1. The molecule has 0 saturated heterocycles. The van der Waals surface area contributed by atoms with Gasteiger partial charge in [-0.1, -0.05) is 39.2 Å². The molecule has 2 aliphatic carbocycles. The van der Waals surface area contributed by atoms with Crippen LogP contribution in [0.1, 0.15) is 35.1 Å². The molecule has 8 heteroatoms. The third-order valence-corrected chi connectivity index (χ3v) is 6.51. The Balaban J connectivity index is 0.000000172. The first-order chi connectivity index (χ1) is 14.3. The van der Waals surface area contributed by atoms with Crippen molar-refractivity contribution in [1.82, 2.24) is 0 Å². The highest BCUT2D eigenvalue weighted by Gasteiger charge is 2.30. The van der Waals surface area contributed by atoms with Gasteiger partial charge in [0.1, 0.15) is 0 Å². The van der Waals surface area contributed by atoms with Crippen molar-refractivity contribution in [1.29, 1.82) is 0 Å². The maximum absolute atomic E-state index is 9.24.